The van der Waals surface area contributed by atoms with Crippen molar-refractivity contribution in [1.29, 1.82) is 0 Å². The highest BCUT2D eigenvalue weighted by Crippen LogP contribution is 2.22. The van der Waals surface area contributed by atoms with Gasteiger partial charge in [-0.25, -0.2) is 5.84 Å². The van der Waals surface area contributed by atoms with Crippen LogP contribution >= 0.6 is 15.9 Å². The van der Waals surface area contributed by atoms with Gasteiger partial charge in [0.2, 0.25) is 12.4 Å². The molecule has 1 heterocycles. The van der Waals surface area contributed by atoms with E-state index in [4.69, 9.17) is 10.6 Å². The Kier molecular flexibility index (Phi) is 5.92. The molecular formula is C13H14BrN3O4. The maximum Gasteiger partial charge on any atom is 0.261 e. The van der Waals surface area contributed by atoms with Crippen molar-refractivity contribution in [1.82, 2.24) is 0 Å². The SMILES string of the molecule is COc1cc(Br)c[n+](N)c1.Cc1ccc([O-])c([N+](=O)[O-])c1. The molecule has 0 aliphatic rings. The zero-order valence-corrected chi connectivity index (χ0v) is 13.0. The minimum atomic E-state index is -0.671. The van der Waals surface area contributed by atoms with E-state index in [9.17, 15) is 15.2 Å². The molecular weight excluding hydrogens is 342 g/mol. The van der Waals surface area contributed by atoms with Crippen LogP contribution in [-0.2, 0) is 0 Å². The fourth-order valence-corrected chi connectivity index (χ4v) is 1.88. The second-order valence-electron chi connectivity index (χ2n) is 4.07. The lowest BCUT2D eigenvalue weighted by atomic mass is 10.2. The van der Waals surface area contributed by atoms with E-state index in [0.717, 1.165) is 15.8 Å². The van der Waals surface area contributed by atoms with Crippen LogP contribution in [0.3, 0.4) is 0 Å². The molecule has 2 rings (SSSR count). The highest BCUT2D eigenvalue weighted by molar-refractivity contribution is 9.10. The summed E-state index contributed by atoms with van der Waals surface area (Å²) < 4.78 is 7.28. The minimum absolute atomic E-state index is 0.356. The molecule has 1 aromatic heterocycles. The predicted octanol–water partition coefficient (Wildman–Crippen LogP) is 1.44. The lowest BCUT2D eigenvalue weighted by Crippen LogP contribution is -2.43. The standard InChI is InChI=1S/C7H7NO3.C6H8BrN2O/c1-5-2-3-7(9)6(4-5)8(10)11;1-10-6-2-5(7)3-9(8)4-6/h2-4,9H,1H3;2-4H,8H2,1H3/q;+1/p-1. The first-order chi connectivity index (χ1) is 9.83. The quantitative estimate of drug-likeness (QED) is 0.379. The van der Waals surface area contributed by atoms with Gasteiger partial charge in [-0.05, 0) is 34.2 Å². The first-order valence-corrected chi connectivity index (χ1v) is 6.55. The zero-order valence-electron chi connectivity index (χ0n) is 11.4. The third-order valence-corrected chi connectivity index (χ3v) is 2.81. The predicted molar refractivity (Wildman–Crippen MR) is 78.3 cm³/mol. The Bertz CT molecular complexity index is 629. The van der Waals surface area contributed by atoms with Crippen molar-refractivity contribution >= 4 is 21.6 Å². The highest BCUT2D eigenvalue weighted by Gasteiger charge is 2.05. The summed E-state index contributed by atoms with van der Waals surface area (Å²) in [5.41, 5.74) is 0.362. The van der Waals surface area contributed by atoms with Crippen LogP contribution in [0.15, 0.2) is 41.1 Å². The van der Waals surface area contributed by atoms with E-state index < -0.39 is 10.7 Å². The molecule has 0 atom stereocenters. The fourth-order valence-electron chi connectivity index (χ4n) is 1.42. The molecule has 21 heavy (non-hydrogen) atoms. The van der Waals surface area contributed by atoms with Crippen molar-refractivity contribution in [3.05, 3.63) is 56.8 Å². The molecule has 112 valence electrons. The number of hydrogen-bond donors (Lipinski definition) is 1. The lowest BCUT2D eigenvalue weighted by Gasteiger charge is -2.05. The summed E-state index contributed by atoms with van der Waals surface area (Å²) in [5, 5.41) is 21.0. The maximum atomic E-state index is 10.8. The molecule has 0 aliphatic carbocycles. The topological polar surface area (TPSA) is 105 Å². The Balaban J connectivity index is 0.000000211. The molecule has 8 heteroatoms. The van der Waals surface area contributed by atoms with Crippen molar-refractivity contribution in [3.63, 3.8) is 0 Å². The number of benzene rings is 1. The number of nitrogens with zero attached hydrogens (tertiary/aromatic N) is 2. The van der Waals surface area contributed by atoms with Crippen LogP contribution in [0, 0.1) is 17.0 Å². The van der Waals surface area contributed by atoms with Gasteiger partial charge in [0.1, 0.15) is 0 Å². The van der Waals surface area contributed by atoms with E-state index in [2.05, 4.69) is 15.9 Å². The molecule has 0 fully saturated rings. The van der Waals surface area contributed by atoms with E-state index in [1.54, 1.807) is 32.5 Å². The Labute approximate surface area is 129 Å². The van der Waals surface area contributed by atoms with E-state index in [1.807, 2.05) is 6.07 Å². The van der Waals surface area contributed by atoms with Crippen LogP contribution in [0.1, 0.15) is 5.56 Å². The Morgan fingerprint density at radius 2 is 2.00 bits per heavy atom. The van der Waals surface area contributed by atoms with Gasteiger partial charge in [-0.15, -0.1) is 0 Å². The zero-order chi connectivity index (χ0) is 16.0. The number of aromatic nitrogens is 1. The van der Waals surface area contributed by atoms with Crippen molar-refractivity contribution in [2.75, 3.05) is 13.0 Å². The number of halogens is 1. The van der Waals surface area contributed by atoms with E-state index >= 15 is 0 Å². The molecule has 0 unspecified atom stereocenters. The molecule has 2 N–H and O–H groups in total. The van der Waals surface area contributed by atoms with Gasteiger partial charge in [-0.3, -0.25) is 10.1 Å². The molecule has 0 spiro atoms. The normalized spacial score (nSPS) is 9.48. The van der Waals surface area contributed by atoms with Crippen LogP contribution in [0.5, 0.6) is 11.5 Å². The van der Waals surface area contributed by atoms with Crippen molar-refractivity contribution in [2.24, 2.45) is 0 Å². The molecule has 1 aromatic carbocycles. The number of methoxy groups -OCH3 is 1. The van der Waals surface area contributed by atoms with Gasteiger partial charge in [0.25, 0.3) is 5.69 Å². The van der Waals surface area contributed by atoms with Gasteiger partial charge in [0.05, 0.1) is 16.5 Å². The van der Waals surface area contributed by atoms with Gasteiger partial charge in [0, 0.05) is 12.1 Å². The number of pyridine rings is 1. The average Bonchev–Trinajstić information content (AvgIpc) is 2.41. The molecule has 0 saturated carbocycles. The number of hydrogen-bond acceptors (Lipinski definition) is 5. The van der Waals surface area contributed by atoms with Gasteiger partial charge in [0.15, 0.2) is 5.75 Å². The summed E-state index contributed by atoms with van der Waals surface area (Å²) in [6.45, 7) is 1.70. The van der Waals surface area contributed by atoms with Crippen LogP contribution in [0.4, 0.5) is 5.69 Å². The third kappa shape index (κ3) is 5.27. The molecule has 0 saturated heterocycles. The number of nitro groups is 1. The summed E-state index contributed by atoms with van der Waals surface area (Å²) >= 11 is 3.27. The summed E-state index contributed by atoms with van der Waals surface area (Å²) in [6, 6.07) is 5.86. The number of ether oxygens (including phenoxy) is 1. The molecule has 0 amide bonds. The first kappa shape index (κ1) is 16.7. The third-order valence-electron chi connectivity index (χ3n) is 2.38. The molecule has 2 aromatic rings. The van der Waals surface area contributed by atoms with Crippen molar-refractivity contribution < 1.29 is 19.4 Å². The number of rotatable bonds is 2. The Morgan fingerprint density at radius 1 is 1.33 bits per heavy atom. The van der Waals surface area contributed by atoms with E-state index in [1.165, 1.54) is 16.8 Å². The molecule has 0 bridgehead atoms. The summed E-state index contributed by atoms with van der Waals surface area (Å²) in [6.07, 6.45) is 3.42. The molecule has 0 aliphatic heterocycles. The second-order valence-corrected chi connectivity index (χ2v) is 4.99. The molecule has 0 radical (unpaired) electrons. The average molecular weight is 356 g/mol. The molecule has 7 nitrogen and oxygen atoms in total. The summed E-state index contributed by atoms with van der Waals surface area (Å²) in [4.78, 5) is 9.51. The monoisotopic (exact) mass is 355 g/mol. The highest BCUT2D eigenvalue weighted by atomic mass is 79.9. The van der Waals surface area contributed by atoms with E-state index in [-0.39, 0.29) is 5.69 Å². The van der Waals surface area contributed by atoms with Gasteiger partial charge in [-0.1, -0.05) is 16.8 Å². The van der Waals surface area contributed by atoms with Gasteiger partial charge in [-0.2, -0.15) is 0 Å². The van der Waals surface area contributed by atoms with Gasteiger partial charge < -0.3 is 9.84 Å². The number of nitro benzene ring substituents is 1. The van der Waals surface area contributed by atoms with Crippen molar-refractivity contribution in [2.45, 2.75) is 6.92 Å². The van der Waals surface area contributed by atoms with Crippen LogP contribution in [0.2, 0.25) is 0 Å². The van der Waals surface area contributed by atoms with Crippen LogP contribution < -0.4 is 20.4 Å². The largest absolute Gasteiger partial charge is 0.868 e. The second kappa shape index (κ2) is 7.44. The van der Waals surface area contributed by atoms with Crippen molar-refractivity contribution in [3.8, 4) is 11.5 Å². The summed E-state index contributed by atoms with van der Waals surface area (Å²) in [5.74, 6) is 5.63. The first-order valence-electron chi connectivity index (χ1n) is 5.76. The lowest BCUT2D eigenvalue weighted by molar-refractivity contribution is -0.639. The number of aryl methyl sites for hydroxylation is 1. The van der Waals surface area contributed by atoms with E-state index in [0.29, 0.717) is 0 Å². The minimum Gasteiger partial charge on any atom is -0.868 e. The summed E-state index contributed by atoms with van der Waals surface area (Å²) in [7, 11) is 1.60. The number of nitrogens with two attached hydrogens (primary N) is 1. The van der Waals surface area contributed by atoms with Crippen LogP contribution in [0.25, 0.3) is 0 Å². The maximum absolute atomic E-state index is 10.8. The Morgan fingerprint density at radius 3 is 2.48 bits per heavy atom. The number of nitrogen functional groups attached to an aromatic ring is 1. The van der Waals surface area contributed by atoms with Crippen LogP contribution in [-0.4, -0.2) is 12.0 Å². The van der Waals surface area contributed by atoms with Gasteiger partial charge >= 0.3 is 0 Å². The Hall–Kier alpha value is -2.35. The fraction of sp³-hybridized carbons (Fsp3) is 0.154. The smallest absolute Gasteiger partial charge is 0.261 e.